The third kappa shape index (κ3) is 2.68. The highest BCUT2D eigenvalue weighted by molar-refractivity contribution is 7.99. The second-order valence-electron chi connectivity index (χ2n) is 6.58. The second-order valence-corrected chi connectivity index (χ2v) is 7.57. The number of para-hydroxylation sites is 1. The van der Waals surface area contributed by atoms with Gasteiger partial charge in [-0.2, -0.15) is 0 Å². The lowest BCUT2D eigenvalue weighted by Gasteiger charge is -2.21. The monoisotopic (exact) mass is 355 g/mol. The number of thioether (sulfide) groups is 1. The van der Waals surface area contributed by atoms with Crippen LogP contribution in [0.25, 0.3) is 0 Å². The summed E-state index contributed by atoms with van der Waals surface area (Å²) in [6, 6.07) is 7.95. The fraction of sp³-hybridized carbons (Fsp3) is 0.421. The summed E-state index contributed by atoms with van der Waals surface area (Å²) in [6.07, 6.45) is 1.92. The first-order valence-electron chi connectivity index (χ1n) is 8.73. The second kappa shape index (κ2) is 6.33. The Bertz CT molecular complexity index is 906. The van der Waals surface area contributed by atoms with Crippen LogP contribution in [-0.2, 0) is 17.6 Å². The highest BCUT2D eigenvalue weighted by Crippen LogP contribution is 2.35. The summed E-state index contributed by atoms with van der Waals surface area (Å²) in [5.41, 5.74) is 3.83. The van der Waals surface area contributed by atoms with Crippen molar-refractivity contribution in [1.29, 1.82) is 0 Å². The summed E-state index contributed by atoms with van der Waals surface area (Å²) < 4.78 is 1.75. The fourth-order valence-electron chi connectivity index (χ4n) is 3.79. The van der Waals surface area contributed by atoms with Crippen LogP contribution in [0.1, 0.15) is 36.2 Å². The van der Waals surface area contributed by atoms with Crippen molar-refractivity contribution in [3.05, 3.63) is 51.4 Å². The maximum absolute atomic E-state index is 12.9. The molecule has 6 heteroatoms. The summed E-state index contributed by atoms with van der Waals surface area (Å²) in [4.78, 5) is 32.1. The van der Waals surface area contributed by atoms with Gasteiger partial charge in [0, 0.05) is 35.7 Å². The molecule has 1 amide bonds. The summed E-state index contributed by atoms with van der Waals surface area (Å²) >= 11 is 1.57. The van der Waals surface area contributed by atoms with E-state index in [1.807, 2.05) is 36.9 Å². The average molecular weight is 355 g/mol. The van der Waals surface area contributed by atoms with Gasteiger partial charge in [0.1, 0.15) is 0 Å². The number of hydrogen-bond donors (Lipinski definition) is 0. The van der Waals surface area contributed by atoms with E-state index in [4.69, 9.17) is 0 Å². The van der Waals surface area contributed by atoms with Crippen molar-refractivity contribution in [2.75, 3.05) is 17.2 Å². The maximum Gasteiger partial charge on any atom is 0.257 e. The Kier molecular flexibility index (Phi) is 4.15. The first kappa shape index (κ1) is 16.4. The third-order valence-electron chi connectivity index (χ3n) is 5.11. The smallest absolute Gasteiger partial charge is 0.257 e. The van der Waals surface area contributed by atoms with Crippen LogP contribution in [0, 0.1) is 6.92 Å². The summed E-state index contributed by atoms with van der Waals surface area (Å²) in [5.74, 6) is 0.824. The zero-order valence-electron chi connectivity index (χ0n) is 14.5. The maximum atomic E-state index is 12.9. The van der Waals surface area contributed by atoms with Gasteiger partial charge in [-0.3, -0.25) is 14.2 Å². The molecule has 1 atom stereocenters. The minimum atomic E-state index is -0.105. The number of nitrogens with zero attached hydrogens (tertiary/aromatic N) is 3. The Morgan fingerprint density at radius 2 is 2.16 bits per heavy atom. The predicted molar refractivity (Wildman–Crippen MR) is 99.5 cm³/mol. The summed E-state index contributed by atoms with van der Waals surface area (Å²) in [7, 11) is 0. The van der Waals surface area contributed by atoms with Crippen LogP contribution in [0.4, 0.5) is 5.69 Å². The normalized spacial score (nSPS) is 18.3. The number of aromatic nitrogens is 2. The van der Waals surface area contributed by atoms with Crippen LogP contribution in [0.2, 0.25) is 0 Å². The molecule has 4 rings (SSSR count). The Labute approximate surface area is 151 Å². The predicted octanol–water partition coefficient (Wildman–Crippen LogP) is 2.74. The number of rotatable bonds is 3. The van der Waals surface area contributed by atoms with Gasteiger partial charge >= 0.3 is 0 Å². The number of aryl methyl sites for hydroxylation is 1. The van der Waals surface area contributed by atoms with Gasteiger partial charge in [-0.05, 0) is 31.4 Å². The SMILES string of the molecule is CCc1c(C)nc2n(c1=O)C(CC(=O)N1CCc3ccccc31)CS2. The van der Waals surface area contributed by atoms with E-state index in [-0.39, 0.29) is 17.5 Å². The topological polar surface area (TPSA) is 55.2 Å². The standard InChI is InChI=1S/C19H21N3O2S/c1-3-15-12(2)20-19-22(18(15)24)14(11-25-19)10-17(23)21-9-8-13-6-4-5-7-16(13)21/h4-7,14H,3,8-11H2,1-2H3. The lowest BCUT2D eigenvalue weighted by molar-refractivity contribution is -0.119. The molecule has 1 aromatic carbocycles. The zero-order chi connectivity index (χ0) is 17.6. The largest absolute Gasteiger partial charge is 0.312 e. The van der Waals surface area contributed by atoms with E-state index in [1.54, 1.807) is 16.3 Å². The number of benzene rings is 1. The number of carbonyl (C=O) groups is 1. The molecule has 0 fully saturated rings. The van der Waals surface area contributed by atoms with Crippen LogP contribution >= 0.6 is 11.8 Å². The van der Waals surface area contributed by atoms with Crippen LogP contribution in [0.5, 0.6) is 0 Å². The quantitative estimate of drug-likeness (QED) is 0.795. The molecule has 0 N–H and O–H groups in total. The minimum absolute atomic E-state index is 0.0228. The van der Waals surface area contributed by atoms with Crippen molar-refractivity contribution >= 4 is 23.4 Å². The Morgan fingerprint density at radius 1 is 1.36 bits per heavy atom. The van der Waals surface area contributed by atoms with Gasteiger partial charge in [-0.25, -0.2) is 4.98 Å². The van der Waals surface area contributed by atoms with Gasteiger partial charge in [-0.15, -0.1) is 0 Å². The molecular formula is C19H21N3O2S. The lowest BCUT2D eigenvalue weighted by atomic mass is 10.1. The van der Waals surface area contributed by atoms with Crippen molar-refractivity contribution < 1.29 is 4.79 Å². The molecule has 0 bridgehead atoms. The summed E-state index contributed by atoms with van der Waals surface area (Å²) in [6.45, 7) is 4.59. The molecule has 0 radical (unpaired) electrons. The van der Waals surface area contributed by atoms with Crippen LogP contribution in [0.15, 0.2) is 34.2 Å². The van der Waals surface area contributed by atoms with Crippen molar-refractivity contribution in [2.45, 2.75) is 44.3 Å². The van der Waals surface area contributed by atoms with E-state index in [1.165, 1.54) is 5.56 Å². The summed E-state index contributed by atoms with van der Waals surface area (Å²) in [5, 5.41) is 0.749. The Balaban J connectivity index is 1.61. The first-order valence-corrected chi connectivity index (χ1v) is 9.71. The number of amides is 1. The molecule has 2 aromatic rings. The van der Waals surface area contributed by atoms with Gasteiger partial charge in [0.2, 0.25) is 5.91 Å². The van der Waals surface area contributed by atoms with Gasteiger partial charge in [-0.1, -0.05) is 36.9 Å². The van der Waals surface area contributed by atoms with E-state index in [2.05, 4.69) is 11.1 Å². The lowest BCUT2D eigenvalue weighted by Crippen LogP contribution is -2.34. The molecule has 3 heterocycles. The Morgan fingerprint density at radius 3 is 2.96 bits per heavy atom. The van der Waals surface area contributed by atoms with Crippen molar-refractivity contribution in [3.8, 4) is 0 Å². The molecular weight excluding hydrogens is 334 g/mol. The molecule has 1 aromatic heterocycles. The number of anilines is 1. The molecule has 5 nitrogen and oxygen atoms in total. The third-order valence-corrected chi connectivity index (χ3v) is 6.20. The molecule has 0 aliphatic carbocycles. The van der Waals surface area contributed by atoms with Crippen molar-refractivity contribution in [3.63, 3.8) is 0 Å². The van der Waals surface area contributed by atoms with E-state index in [0.717, 1.165) is 40.8 Å². The average Bonchev–Trinajstić information content (AvgIpc) is 3.19. The van der Waals surface area contributed by atoms with E-state index >= 15 is 0 Å². The number of fused-ring (bicyclic) bond motifs is 2. The first-order chi connectivity index (χ1) is 12.1. The molecule has 1 unspecified atom stereocenters. The zero-order valence-corrected chi connectivity index (χ0v) is 15.3. The molecule has 2 aliphatic heterocycles. The molecule has 25 heavy (non-hydrogen) atoms. The van der Waals surface area contributed by atoms with Gasteiger partial charge in [0.05, 0.1) is 6.04 Å². The van der Waals surface area contributed by atoms with Crippen LogP contribution in [0.3, 0.4) is 0 Å². The highest BCUT2D eigenvalue weighted by Gasteiger charge is 2.32. The number of carbonyl (C=O) groups excluding carboxylic acids is 1. The molecule has 0 saturated carbocycles. The Hall–Kier alpha value is -2.08. The van der Waals surface area contributed by atoms with E-state index in [9.17, 15) is 9.59 Å². The highest BCUT2D eigenvalue weighted by atomic mass is 32.2. The number of hydrogen-bond acceptors (Lipinski definition) is 4. The van der Waals surface area contributed by atoms with Crippen LogP contribution < -0.4 is 10.5 Å². The molecule has 0 saturated heterocycles. The van der Waals surface area contributed by atoms with Crippen LogP contribution in [-0.4, -0.2) is 27.8 Å². The fourth-order valence-corrected chi connectivity index (χ4v) is 4.97. The van der Waals surface area contributed by atoms with Gasteiger partial charge < -0.3 is 4.90 Å². The minimum Gasteiger partial charge on any atom is -0.312 e. The van der Waals surface area contributed by atoms with E-state index in [0.29, 0.717) is 12.8 Å². The van der Waals surface area contributed by atoms with Crippen molar-refractivity contribution in [2.24, 2.45) is 0 Å². The van der Waals surface area contributed by atoms with Crippen molar-refractivity contribution in [1.82, 2.24) is 9.55 Å². The molecule has 0 spiro atoms. The van der Waals surface area contributed by atoms with Gasteiger partial charge in [0.25, 0.3) is 5.56 Å². The molecule has 2 aliphatic rings. The molecule has 130 valence electrons. The van der Waals surface area contributed by atoms with Gasteiger partial charge in [0.15, 0.2) is 5.16 Å². The van der Waals surface area contributed by atoms with E-state index < -0.39 is 0 Å².